The van der Waals surface area contributed by atoms with Crippen LogP contribution in [0.3, 0.4) is 0 Å². The van der Waals surface area contributed by atoms with Gasteiger partial charge in [0.2, 0.25) is 0 Å². The predicted octanol–water partition coefficient (Wildman–Crippen LogP) is 2.39. The number of nitrogens with zero attached hydrogens (tertiary/aromatic N) is 1. The highest BCUT2D eigenvalue weighted by molar-refractivity contribution is 8.23. The van der Waals surface area contributed by atoms with Crippen molar-refractivity contribution >= 4 is 34.3 Å². The van der Waals surface area contributed by atoms with E-state index in [2.05, 4.69) is 0 Å². The molecule has 0 bridgehead atoms. The molecule has 3 nitrogen and oxygen atoms in total. The molecule has 1 unspecified atom stereocenters. The van der Waals surface area contributed by atoms with Gasteiger partial charge < -0.3 is 10.0 Å². The summed E-state index contributed by atoms with van der Waals surface area (Å²) < 4.78 is 0.566. The van der Waals surface area contributed by atoms with Gasteiger partial charge in [0.05, 0.1) is 0 Å². The second-order valence-electron chi connectivity index (χ2n) is 3.41. The van der Waals surface area contributed by atoms with Crippen molar-refractivity contribution in [3.63, 3.8) is 0 Å². The first-order valence-electron chi connectivity index (χ1n) is 4.68. The molecule has 0 aliphatic rings. The normalized spacial score (nSPS) is 11.9. The summed E-state index contributed by atoms with van der Waals surface area (Å²) in [5.74, 6) is -0.875. The average molecular weight is 255 g/mol. The number of carboxylic acids is 1. The molecular weight excluding hydrogens is 242 g/mol. The number of rotatable bonds is 3. The average Bonchev–Trinajstić information content (AvgIpc) is 2.26. The van der Waals surface area contributed by atoms with E-state index in [1.165, 1.54) is 11.8 Å². The molecule has 0 saturated heterocycles. The Labute approximate surface area is 104 Å². The molecule has 86 valence electrons. The van der Waals surface area contributed by atoms with Gasteiger partial charge in [-0.2, -0.15) is 0 Å². The Bertz CT molecular complexity index is 379. The molecule has 1 rings (SSSR count). The highest BCUT2D eigenvalue weighted by Crippen LogP contribution is 2.30. The molecule has 0 fully saturated rings. The minimum atomic E-state index is -0.875. The quantitative estimate of drug-likeness (QED) is 0.840. The number of thioether (sulfide) groups is 1. The van der Waals surface area contributed by atoms with Crippen LogP contribution in [0.2, 0.25) is 0 Å². The summed E-state index contributed by atoms with van der Waals surface area (Å²) in [4.78, 5) is 12.9. The molecule has 1 atom stereocenters. The Hall–Kier alpha value is -1.07. The molecule has 1 aromatic carbocycles. The molecule has 0 aromatic heterocycles. The summed E-state index contributed by atoms with van der Waals surface area (Å²) in [6, 6.07) is 9.10. The second kappa shape index (κ2) is 5.86. The van der Waals surface area contributed by atoms with E-state index in [1.54, 1.807) is 31.1 Å². The van der Waals surface area contributed by atoms with E-state index >= 15 is 0 Å². The summed E-state index contributed by atoms with van der Waals surface area (Å²) in [6.45, 7) is 0. The summed E-state index contributed by atoms with van der Waals surface area (Å²) >= 11 is 6.27. The van der Waals surface area contributed by atoms with Gasteiger partial charge in [0.15, 0.2) is 0 Å². The molecule has 0 aliphatic carbocycles. The fourth-order valence-corrected chi connectivity index (χ4v) is 2.19. The van der Waals surface area contributed by atoms with Crippen LogP contribution in [0, 0.1) is 0 Å². The lowest BCUT2D eigenvalue weighted by Gasteiger charge is -2.17. The lowest BCUT2D eigenvalue weighted by Crippen LogP contribution is -2.20. The molecule has 1 N–H and O–H groups in total. The van der Waals surface area contributed by atoms with Crippen molar-refractivity contribution in [2.75, 3.05) is 14.1 Å². The van der Waals surface area contributed by atoms with Crippen molar-refractivity contribution in [3.05, 3.63) is 35.9 Å². The van der Waals surface area contributed by atoms with E-state index in [0.29, 0.717) is 4.32 Å². The van der Waals surface area contributed by atoms with Gasteiger partial charge >= 0.3 is 5.97 Å². The summed E-state index contributed by atoms with van der Waals surface area (Å²) in [7, 11) is 3.61. The lowest BCUT2D eigenvalue weighted by molar-refractivity contribution is -0.136. The molecule has 0 saturated carbocycles. The van der Waals surface area contributed by atoms with Crippen LogP contribution >= 0.6 is 24.0 Å². The van der Waals surface area contributed by atoms with Crippen molar-refractivity contribution in [3.8, 4) is 0 Å². The third kappa shape index (κ3) is 3.50. The minimum absolute atomic E-state index is 0.566. The van der Waals surface area contributed by atoms with Crippen LogP contribution in [-0.4, -0.2) is 34.4 Å². The van der Waals surface area contributed by atoms with Crippen LogP contribution in [0.15, 0.2) is 30.3 Å². The third-order valence-electron chi connectivity index (χ3n) is 1.91. The fraction of sp³-hybridized carbons (Fsp3) is 0.273. The van der Waals surface area contributed by atoms with E-state index in [0.717, 1.165) is 5.56 Å². The summed E-state index contributed by atoms with van der Waals surface area (Å²) in [5, 5.41) is 8.52. The number of hydrogen-bond donors (Lipinski definition) is 1. The van der Waals surface area contributed by atoms with Gasteiger partial charge in [0.1, 0.15) is 9.57 Å². The van der Waals surface area contributed by atoms with Crippen LogP contribution in [-0.2, 0) is 4.79 Å². The van der Waals surface area contributed by atoms with Crippen LogP contribution < -0.4 is 0 Å². The van der Waals surface area contributed by atoms with E-state index in [9.17, 15) is 4.79 Å². The van der Waals surface area contributed by atoms with Gasteiger partial charge in [-0.05, 0) is 5.56 Å². The van der Waals surface area contributed by atoms with Gasteiger partial charge in [-0.1, -0.05) is 54.3 Å². The maximum absolute atomic E-state index is 11.2. The maximum atomic E-state index is 11.2. The predicted molar refractivity (Wildman–Crippen MR) is 70.7 cm³/mol. The monoisotopic (exact) mass is 255 g/mol. The van der Waals surface area contributed by atoms with Crippen LogP contribution in [0.1, 0.15) is 10.8 Å². The van der Waals surface area contributed by atoms with E-state index in [1.807, 2.05) is 18.2 Å². The Balaban J connectivity index is 2.85. The van der Waals surface area contributed by atoms with Crippen molar-refractivity contribution in [1.82, 2.24) is 4.90 Å². The first-order valence-corrected chi connectivity index (χ1v) is 5.97. The van der Waals surface area contributed by atoms with Gasteiger partial charge in [-0.3, -0.25) is 4.79 Å². The highest BCUT2D eigenvalue weighted by Gasteiger charge is 2.22. The zero-order valence-corrected chi connectivity index (χ0v) is 10.7. The second-order valence-corrected chi connectivity index (χ2v) is 5.15. The Kier molecular flexibility index (Phi) is 4.76. The van der Waals surface area contributed by atoms with Gasteiger partial charge in [0, 0.05) is 14.1 Å². The molecule has 0 heterocycles. The number of thiocarbonyl (C=S) groups is 1. The van der Waals surface area contributed by atoms with Crippen molar-refractivity contribution in [2.24, 2.45) is 0 Å². The Morgan fingerprint density at radius 2 is 1.94 bits per heavy atom. The standard InChI is InChI=1S/C11H13NO2S2/c1-12(2)11(15)16-9(10(13)14)8-6-4-3-5-7-8/h3-7,9H,1-2H3,(H,13,14). The highest BCUT2D eigenvalue weighted by atomic mass is 32.2. The van der Waals surface area contributed by atoms with Gasteiger partial charge in [0.25, 0.3) is 0 Å². The number of benzene rings is 1. The van der Waals surface area contributed by atoms with Crippen molar-refractivity contribution in [1.29, 1.82) is 0 Å². The molecule has 5 heteroatoms. The molecule has 0 radical (unpaired) electrons. The number of carboxylic acid groups (broad SMARTS) is 1. The summed E-state index contributed by atoms with van der Waals surface area (Å²) in [6.07, 6.45) is 0. The number of hydrogen-bond acceptors (Lipinski definition) is 3. The number of carbonyl (C=O) groups is 1. The molecule has 1 aromatic rings. The maximum Gasteiger partial charge on any atom is 0.321 e. The molecular formula is C11H13NO2S2. The largest absolute Gasteiger partial charge is 0.480 e. The molecule has 0 spiro atoms. The SMILES string of the molecule is CN(C)C(=S)SC(C(=O)O)c1ccccc1. The van der Waals surface area contributed by atoms with Crippen LogP contribution in [0.25, 0.3) is 0 Å². The topological polar surface area (TPSA) is 40.5 Å². The third-order valence-corrected chi connectivity index (χ3v) is 3.84. The van der Waals surface area contributed by atoms with Crippen molar-refractivity contribution < 1.29 is 9.90 Å². The fourth-order valence-electron chi connectivity index (χ4n) is 1.10. The lowest BCUT2D eigenvalue weighted by atomic mass is 10.1. The minimum Gasteiger partial charge on any atom is -0.480 e. The first-order chi connectivity index (χ1) is 7.52. The first kappa shape index (κ1) is 13.0. The summed E-state index contributed by atoms with van der Waals surface area (Å²) in [5.41, 5.74) is 0.754. The van der Waals surface area contributed by atoms with Crippen LogP contribution in [0.5, 0.6) is 0 Å². The Morgan fingerprint density at radius 3 is 2.38 bits per heavy atom. The van der Waals surface area contributed by atoms with Gasteiger partial charge in [-0.15, -0.1) is 0 Å². The van der Waals surface area contributed by atoms with E-state index in [-0.39, 0.29) is 0 Å². The Morgan fingerprint density at radius 1 is 1.38 bits per heavy atom. The van der Waals surface area contributed by atoms with Gasteiger partial charge in [-0.25, -0.2) is 0 Å². The zero-order chi connectivity index (χ0) is 12.1. The molecule has 16 heavy (non-hydrogen) atoms. The van der Waals surface area contributed by atoms with E-state index < -0.39 is 11.2 Å². The van der Waals surface area contributed by atoms with E-state index in [4.69, 9.17) is 17.3 Å². The molecule has 0 amide bonds. The number of aliphatic carboxylic acids is 1. The van der Waals surface area contributed by atoms with Crippen molar-refractivity contribution in [2.45, 2.75) is 5.25 Å². The molecule has 0 aliphatic heterocycles. The zero-order valence-electron chi connectivity index (χ0n) is 9.08. The smallest absolute Gasteiger partial charge is 0.321 e. The van der Waals surface area contributed by atoms with Crippen LogP contribution in [0.4, 0.5) is 0 Å².